The van der Waals surface area contributed by atoms with E-state index in [-0.39, 0.29) is 0 Å². The summed E-state index contributed by atoms with van der Waals surface area (Å²) in [5.41, 5.74) is 2.57. The van der Waals surface area contributed by atoms with Gasteiger partial charge in [0.25, 0.3) is 0 Å². The summed E-state index contributed by atoms with van der Waals surface area (Å²) < 4.78 is 5.29. The van der Waals surface area contributed by atoms with Crippen molar-refractivity contribution >= 4 is 5.69 Å². The van der Waals surface area contributed by atoms with Gasteiger partial charge in [-0.05, 0) is 24.5 Å². The van der Waals surface area contributed by atoms with E-state index in [9.17, 15) is 0 Å². The number of hydrogen-bond donors (Lipinski definition) is 1. The van der Waals surface area contributed by atoms with Gasteiger partial charge in [-0.3, -0.25) is 0 Å². The summed E-state index contributed by atoms with van der Waals surface area (Å²) in [6.45, 7) is 2.20. The number of para-hydroxylation sites is 1. The van der Waals surface area contributed by atoms with Gasteiger partial charge in [0.1, 0.15) is 5.75 Å². The molecule has 1 aromatic rings. The molecule has 0 spiro atoms. The predicted octanol–water partition coefficient (Wildman–Crippen LogP) is 2.44. The van der Waals surface area contributed by atoms with Crippen molar-refractivity contribution in [3.8, 4) is 5.75 Å². The monoisotopic (exact) mass is 177 g/mol. The second-order valence-electron chi connectivity index (χ2n) is 3.45. The van der Waals surface area contributed by atoms with Crippen LogP contribution in [-0.4, -0.2) is 13.2 Å². The molecular formula is C11H15NO. The topological polar surface area (TPSA) is 21.3 Å². The average molecular weight is 177 g/mol. The normalized spacial score (nSPS) is 19.4. The summed E-state index contributed by atoms with van der Waals surface area (Å²) in [7, 11) is 1.72. The van der Waals surface area contributed by atoms with Crippen LogP contribution in [0.5, 0.6) is 5.75 Å². The number of rotatable bonds is 2. The van der Waals surface area contributed by atoms with Crippen molar-refractivity contribution in [2.24, 2.45) is 0 Å². The fraction of sp³-hybridized carbons (Fsp3) is 0.455. The largest absolute Gasteiger partial charge is 0.495 e. The zero-order chi connectivity index (χ0) is 9.26. The number of hydrogen-bond acceptors (Lipinski definition) is 2. The molecule has 1 atom stereocenters. The van der Waals surface area contributed by atoms with Gasteiger partial charge < -0.3 is 10.1 Å². The summed E-state index contributed by atoms with van der Waals surface area (Å²) in [6, 6.07) is 6.81. The Morgan fingerprint density at radius 2 is 2.38 bits per heavy atom. The third-order valence-corrected chi connectivity index (χ3v) is 2.64. The first kappa shape index (κ1) is 8.42. The first-order valence-electron chi connectivity index (χ1n) is 4.77. The van der Waals surface area contributed by atoms with Gasteiger partial charge in [-0.25, -0.2) is 0 Å². The molecule has 0 aliphatic carbocycles. The summed E-state index contributed by atoms with van der Waals surface area (Å²) in [5.74, 6) is 0.966. The molecule has 1 aliphatic rings. The maximum Gasteiger partial charge on any atom is 0.142 e. The molecule has 1 unspecified atom stereocenters. The molecule has 13 heavy (non-hydrogen) atoms. The molecule has 1 aromatic carbocycles. The SMILES string of the molecule is CCC1Cc2cccc(OC)c2N1. The lowest BCUT2D eigenvalue weighted by Gasteiger charge is -2.09. The molecule has 0 saturated heterocycles. The van der Waals surface area contributed by atoms with Crippen LogP contribution in [-0.2, 0) is 6.42 Å². The number of anilines is 1. The Kier molecular flexibility index (Phi) is 2.13. The predicted molar refractivity (Wildman–Crippen MR) is 54.4 cm³/mol. The van der Waals surface area contributed by atoms with Crippen LogP contribution in [0.2, 0.25) is 0 Å². The number of fused-ring (bicyclic) bond motifs is 1. The van der Waals surface area contributed by atoms with Gasteiger partial charge in [0.05, 0.1) is 12.8 Å². The molecule has 0 fully saturated rings. The van der Waals surface area contributed by atoms with Gasteiger partial charge >= 0.3 is 0 Å². The highest BCUT2D eigenvalue weighted by Gasteiger charge is 2.21. The standard InChI is InChI=1S/C11H15NO/c1-3-9-7-8-5-4-6-10(13-2)11(8)12-9/h4-6,9,12H,3,7H2,1-2H3. The van der Waals surface area contributed by atoms with E-state index in [1.165, 1.54) is 11.3 Å². The summed E-state index contributed by atoms with van der Waals surface area (Å²) in [4.78, 5) is 0. The number of ether oxygens (including phenoxy) is 1. The average Bonchev–Trinajstić information content (AvgIpc) is 2.59. The second-order valence-corrected chi connectivity index (χ2v) is 3.45. The number of methoxy groups -OCH3 is 1. The maximum absolute atomic E-state index is 5.29. The van der Waals surface area contributed by atoms with Crippen molar-refractivity contribution in [3.05, 3.63) is 23.8 Å². The summed E-state index contributed by atoms with van der Waals surface area (Å²) >= 11 is 0. The molecule has 0 saturated carbocycles. The zero-order valence-corrected chi connectivity index (χ0v) is 8.13. The van der Waals surface area contributed by atoms with Gasteiger partial charge in [0.2, 0.25) is 0 Å². The van der Waals surface area contributed by atoms with Crippen LogP contribution in [0.25, 0.3) is 0 Å². The van der Waals surface area contributed by atoms with Crippen LogP contribution < -0.4 is 10.1 Å². The summed E-state index contributed by atoms with van der Waals surface area (Å²) in [6.07, 6.45) is 2.29. The minimum atomic E-state index is 0.589. The van der Waals surface area contributed by atoms with Crippen molar-refractivity contribution < 1.29 is 4.74 Å². The minimum absolute atomic E-state index is 0.589. The Hall–Kier alpha value is -1.18. The van der Waals surface area contributed by atoms with E-state index in [0.29, 0.717) is 6.04 Å². The highest BCUT2D eigenvalue weighted by atomic mass is 16.5. The van der Waals surface area contributed by atoms with Crippen molar-refractivity contribution in [1.29, 1.82) is 0 Å². The van der Waals surface area contributed by atoms with Crippen LogP contribution in [0.4, 0.5) is 5.69 Å². The number of nitrogens with one attached hydrogen (secondary N) is 1. The van der Waals surface area contributed by atoms with Gasteiger partial charge in [-0.15, -0.1) is 0 Å². The summed E-state index contributed by atoms with van der Waals surface area (Å²) in [5, 5.41) is 3.48. The van der Waals surface area contributed by atoms with Crippen molar-refractivity contribution in [3.63, 3.8) is 0 Å². The van der Waals surface area contributed by atoms with Gasteiger partial charge in [-0.1, -0.05) is 19.1 Å². The smallest absolute Gasteiger partial charge is 0.142 e. The molecule has 70 valence electrons. The zero-order valence-electron chi connectivity index (χ0n) is 8.13. The molecule has 1 N–H and O–H groups in total. The Balaban J connectivity index is 2.33. The third kappa shape index (κ3) is 1.37. The van der Waals surface area contributed by atoms with E-state index < -0.39 is 0 Å². The molecule has 0 amide bonds. The van der Waals surface area contributed by atoms with Crippen LogP contribution in [0.3, 0.4) is 0 Å². The van der Waals surface area contributed by atoms with Crippen molar-refractivity contribution in [2.75, 3.05) is 12.4 Å². The van der Waals surface area contributed by atoms with Crippen LogP contribution >= 0.6 is 0 Å². The molecule has 0 bridgehead atoms. The van der Waals surface area contributed by atoms with Crippen LogP contribution in [0.1, 0.15) is 18.9 Å². The molecule has 0 aromatic heterocycles. The minimum Gasteiger partial charge on any atom is -0.495 e. The van der Waals surface area contributed by atoms with E-state index in [1.54, 1.807) is 7.11 Å². The Morgan fingerprint density at radius 3 is 3.08 bits per heavy atom. The van der Waals surface area contributed by atoms with E-state index >= 15 is 0 Å². The first-order valence-corrected chi connectivity index (χ1v) is 4.77. The molecule has 2 rings (SSSR count). The third-order valence-electron chi connectivity index (χ3n) is 2.64. The fourth-order valence-corrected chi connectivity index (χ4v) is 1.85. The molecule has 1 aliphatic heterocycles. The highest BCUT2D eigenvalue weighted by molar-refractivity contribution is 5.66. The van der Waals surface area contributed by atoms with Crippen molar-refractivity contribution in [1.82, 2.24) is 0 Å². The van der Waals surface area contributed by atoms with Crippen LogP contribution in [0.15, 0.2) is 18.2 Å². The Morgan fingerprint density at radius 1 is 1.54 bits per heavy atom. The Labute approximate surface area is 78.9 Å². The molecule has 1 heterocycles. The first-order chi connectivity index (χ1) is 6.35. The molecule has 2 heteroatoms. The molecule has 2 nitrogen and oxygen atoms in total. The lowest BCUT2D eigenvalue weighted by atomic mass is 10.1. The van der Waals surface area contributed by atoms with Gasteiger partial charge in [-0.2, -0.15) is 0 Å². The lowest BCUT2D eigenvalue weighted by molar-refractivity contribution is 0.416. The second kappa shape index (κ2) is 3.29. The molecule has 0 radical (unpaired) electrons. The fourth-order valence-electron chi connectivity index (χ4n) is 1.85. The van der Waals surface area contributed by atoms with E-state index in [4.69, 9.17) is 4.74 Å². The van der Waals surface area contributed by atoms with Crippen molar-refractivity contribution in [2.45, 2.75) is 25.8 Å². The van der Waals surface area contributed by atoms with Gasteiger partial charge in [0, 0.05) is 6.04 Å². The maximum atomic E-state index is 5.29. The Bertz CT molecular complexity index is 309. The van der Waals surface area contributed by atoms with E-state index in [0.717, 1.165) is 18.6 Å². The quantitative estimate of drug-likeness (QED) is 0.749. The molecular weight excluding hydrogens is 162 g/mol. The van der Waals surface area contributed by atoms with Gasteiger partial charge in [0.15, 0.2) is 0 Å². The number of benzene rings is 1. The van der Waals surface area contributed by atoms with E-state index in [1.807, 2.05) is 6.07 Å². The van der Waals surface area contributed by atoms with E-state index in [2.05, 4.69) is 24.4 Å². The lowest BCUT2D eigenvalue weighted by Crippen LogP contribution is -2.13. The highest BCUT2D eigenvalue weighted by Crippen LogP contribution is 2.35. The van der Waals surface area contributed by atoms with Crippen LogP contribution in [0, 0.1) is 0 Å².